The average molecular weight is 1710 g/mol. The van der Waals surface area contributed by atoms with Crippen LogP contribution >= 0.6 is 0 Å². The van der Waals surface area contributed by atoms with Gasteiger partial charge < -0.3 is 79.8 Å². The minimum absolute atomic E-state index is 0.0168. The highest BCUT2D eigenvalue weighted by atomic mass is 16.6. The molecule has 0 spiro atoms. The van der Waals surface area contributed by atoms with Gasteiger partial charge in [-0.3, -0.25) is 38.8 Å². The molecule has 4 fully saturated rings. The first-order valence-electron chi connectivity index (χ1n) is 58.1. The molecule has 0 radical (unpaired) electrons. The lowest BCUT2D eigenvalue weighted by Crippen LogP contribution is -2.51. The van der Waals surface area contributed by atoms with Gasteiger partial charge in [-0.15, -0.1) is 0 Å². The van der Waals surface area contributed by atoms with E-state index in [1.165, 1.54) is 54.8 Å². The Morgan fingerprint density at radius 2 is 0.617 bits per heavy atom. The first kappa shape index (κ1) is 58.9. The molecular weight excluding hydrogens is 1520 g/mol. The SMILES string of the molecule is [2H]C([2H])([2H])Oc1cc2c(cc1OC)C1([2H])CC(OC(=O)[C@@H](N)C(C)C)C(C([2H])([2H])C([2H])(C)C([2H])([2H])[2H])CN1CC2.[2H]C([2H])([2H])Oc1cc2c(cc1OC)C1CC([2H])(OC(=O)[C@@H](N)C(C)C)C(C([2H])([2H])C([2H])(C)C([2H])([2H])[2H])CN1CC2.[2H]C12CC(OC(=O)[C@@H](N)C(C)C)C(C([2H])([2H])C([2H])(C)C([2H])([2H])[2H])CN1CCc1cc(OC)c(OC)cc12.[2H]C12CC(OC(=O)[C@@H](N)C(C)C)C(C([2H])([2H])C([2H])(C)C([2H])([2H])[2H])CN1CCc1cc(OC)c(OC)cc12. The summed E-state index contributed by atoms with van der Waals surface area (Å²) in [5, 5.41) is 0. The highest BCUT2D eigenvalue weighted by Gasteiger charge is 2.47. The number of nitrogens with zero attached hydrogens (tertiary/aromatic N) is 4. The second-order valence-electron chi connectivity index (χ2n) is 33.1. The Morgan fingerprint density at radius 1 is 0.367 bits per heavy atom. The lowest BCUT2D eigenvalue weighted by Gasteiger charge is -2.47. The van der Waals surface area contributed by atoms with Crippen molar-refractivity contribution in [2.75, 3.05) is 109 Å². The van der Waals surface area contributed by atoms with Crippen molar-refractivity contribution < 1.29 is 123 Å². The van der Waals surface area contributed by atoms with Gasteiger partial charge in [-0.1, -0.05) is 110 Å². The van der Waals surface area contributed by atoms with Gasteiger partial charge in [-0.05, 0) is 191 Å². The molecule has 8 N–H and O–H groups in total. The van der Waals surface area contributed by atoms with E-state index in [2.05, 4.69) is 0 Å². The van der Waals surface area contributed by atoms with Crippen LogP contribution in [0.15, 0.2) is 48.5 Å². The Morgan fingerprint density at radius 3 is 0.900 bits per heavy atom. The highest BCUT2D eigenvalue weighted by molar-refractivity contribution is 5.77. The van der Waals surface area contributed by atoms with Crippen molar-refractivity contribution in [2.45, 2.75) is 260 Å². The van der Waals surface area contributed by atoms with Crippen molar-refractivity contribution in [3.63, 3.8) is 0 Å². The van der Waals surface area contributed by atoms with Crippen LogP contribution in [0.4, 0.5) is 0 Å². The topological polar surface area (TPSA) is 296 Å². The van der Waals surface area contributed by atoms with Crippen molar-refractivity contribution in [1.82, 2.24) is 19.6 Å². The van der Waals surface area contributed by atoms with E-state index in [1.54, 1.807) is 94.4 Å². The molecule has 0 aromatic heterocycles. The van der Waals surface area contributed by atoms with Gasteiger partial charge in [-0.2, -0.15) is 0 Å². The van der Waals surface area contributed by atoms with Crippen LogP contribution in [0.5, 0.6) is 46.0 Å². The molecule has 8 aliphatic heterocycles. The van der Waals surface area contributed by atoms with Gasteiger partial charge in [0.2, 0.25) is 0 Å². The third-order valence-corrected chi connectivity index (χ3v) is 23.3. The number of carbonyl (C=O) groups excluding carboxylic acids is 4. The molecule has 4 saturated heterocycles. The van der Waals surface area contributed by atoms with Crippen molar-refractivity contribution in [1.29, 1.82) is 0 Å². The molecule has 12 rings (SSSR count). The first-order chi connectivity index (χ1) is 70.0. The number of fused-ring (bicyclic) bond motifs is 12. The maximum atomic E-state index is 13.0. The van der Waals surface area contributed by atoms with Crippen LogP contribution in [0.3, 0.4) is 0 Å². The van der Waals surface area contributed by atoms with Gasteiger partial charge in [0.15, 0.2) is 46.0 Å². The number of carbonyl (C=O) groups is 4. The number of nitrogens with two attached hydrogens (primary N) is 4. The number of piperidine rings is 4. The smallest absolute Gasteiger partial charge is 0.323 e. The van der Waals surface area contributed by atoms with Crippen molar-refractivity contribution >= 4 is 23.9 Å². The van der Waals surface area contributed by atoms with Crippen LogP contribution in [0.25, 0.3) is 0 Å². The van der Waals surface area contributed by atoms with E-state index in [9.17, 15) is 24.7 Å². The number of ether oxygens (including phenoxy) is 12. The van der Waals surface area contributed by atoms with E-state index < -0.39 is 211 Å². The molecule has 0 aliphatic carbocycles. The predicted molar refractivity (Wildman–Crippen MR) is 471 cm³/mol. The monoisotopic (exact) mass is 1710 g/mol. The van der Waals surface area contributed by atoms with Gasteiger partial charge in [0.25, 0.3) is 0 Å². The zero-order valence-electron chi connectivity index (χ0n) is 107. The molecule has 672 valence electrons. The second-order valence-corrected chi connectivity index (χ2v) is 33.1. The molecule has 0 bridgehead atoms. The maximum Gasteiger partial charge on any atom is 0.323 e. The van der Waals surface area contributed by atoms with Gasteiger partial charge >= 0.3 is 23.9 Å². The molecule has 8 heterocycles. The number of esters is 4. The van der Waals surface area contributed by atoms with Gasteiger partial charge in [0, 0.05) is 159 Å². The quantitative estimate of drug-likeness (QED) is 0.0303. The summed E-state index contributed by atoms with van der Waals surface area (Å²) in [6.07, 6.45) is -15.5. The van der Waals surface area contributed by atoms with Gasteiger partial charge in [-0.25, -0.2) is 0 Å². The zero-order valence-corrected chi connectivity index (χ0v) is 72.8. The lowest BCUT2D eigenvalue weighted by atomic mass is 9.79. The van der Waals surface area contributed by atoms with Crippen molar-refractivity contribution in [3.05, 3.63) is 93.0 Å². The maximum absolute atomic E-state index is 13.0. The van der Waals surface area contributed by atoms with Crippen LogP contribution in [0.1, 0.15) is 277 Å². The molecule has 20 atom stereocenters. The minimum Gasteiger partial charge on any atom is -0.493 e. The molecule has 0 amide bonds. The van der Waals surface area contributed by atoms with E-state index >= 15 is 0 Å². The standard InChI is InChI=1S/4C24H38N2O4/c4*1-14(2)9-17-13-26-8-7-16-10-21(28-5)22(29-6)11-18(16)19(26)12-20(17)30-24(27)23(25)15(3)4/h4*10-11,14-15,17,19-20,23H,7-9,12-13,25H2,1-6H3/t4*17?,19?,20?,23-/m0000/s1/i1D3,5D3,9D2,14D,20D;1D3,5D3,9D2,14D,19D;2*1D3,9D2,14D,19D/t4*14?,17?,19?,20?,23-. The number of hydrogen-bond donors (Lipinski definition) is 4. The Labute approximate surface area is 766 Å². The third-order valence-electron chi connectivity index (χ3n) is 23.3. The predicted octanol–water partition coefficient (Wildman–Crippen LogP) is 14.3. The molecule has 8 aliphatic rings. The summed E-state index contributed by atoms with van der Waals surface area (Å²) in [5.41, 5.74) is 29.4. The summed E-state index contributed by atoms with van der Waals surface area (Å²) in [7, 11) is 3.29. The van der Waals surface area contributed by atoms with E-state index in [-0.39, 0.29) is 105 Å². The summed E-state index contributed by atoms with van der Waals surface area (Å²) in [5.74, 6) is -17.5. The fourth-order valence-corrected chi connectivity index (χ4v) is 16.4. The minimum atomic E-state index is -3.03. The fourth-order valence-electron chi connectivity index (χ4n) is 16.4. The summed E-state index contributed by atoms with van der Waals surface area (Å²) in [4.78, 5) is 58.9. The zero-order chi connectivity index (χ0) is 118. The Kier molecular flexibility index (Phi) is 21.6. The number of hydrogen-bond acceptors (Lipinski definition) is 24. The molecule has 16 unspecified atom stereocenters. The van der Waals surface area contributed by atoms with E-state index in [4.69, 9.17) is 121 Å². The molecule has 4 aromatic carbocycles. The van der Waals surface area contributed by atoms with E-state index in [0.29, 0.717) is 96.1 Å². The van der Waals surface area contributed by atoms with Crippen LogP contribution in [0, 0.1) is 70.9 Å². The van der Waals surface area contributed by atoms with Crippen LogP contribution in [-0.4, -0.2) is 201 Å². The summed E-state index contributed by atoms with van der Waals surface area (Å²) in [6.45, 7) is 6.90. The van der Waals surface area contributed by atoms with Crippen LogP contribution < -0.4 is 60.8 Å². The summed E-state index contributed by atoms with van der Waals surface area (Å²) < 4.78 is 347. The molecule has 24 nitrogen and oxygen atoms in total. The molecule has 24 heteroatoms. The molecular formula is C96H152N8O16. The fraction of sp³-hybridized carbons (Fsp3) is 0.708. The number of methoxy groups -OCH3 is 8. The Hall–Kier alpha value is -7.16. The van der Waals surface area contributed by atoms with Gasteiger partial charge in [0.1, 0.15) is 48.6 Å². The molecule has 120 heavy (non-hydrogen) atoms. The third kappa shape index (κ3) is 23.8. The largest absolute Gasteiger partial charge is 0.493 e. The van der Waals surface area contributed by atoms with Crippen molar-refractivity contribution in [2.24, 2.45) is 93.9 Å². The average Bonchev–Trinajstić information content (AvgIpc) is 0.724. The summed E-state index contributed by atoms with van der Waals surface area (Å²) >= 11 is 0. The second kappa shape index (κ2) is 43.9. The van der Waals surface area contributed by atoms with Crippen LogP contribution in [0.2, 0.25) is 0 Å². The van der Waals surface area contributed by atoms with E-state index in [0.717, 1.165) is 44.4 Å². The number of benzene rings is 4. The Balaban J connectivity index is 0.000000227. The first-order valence-corrected chi connectivity index (χ1v) is 41.1. The molecule has 0 saturated carbocycles. The van der Waals surface area contributed by atoms with Crippen molar-refractivity contribution in [3.8, 4) is 46.0 Å². The van der Waals surface area contributed by atoms with E-state index in [1.807, 2.05) is 17.0 Å². The number of rotatable bonds is 28. The highest BCUT2D eigenvalue weighted by Crippen LogP contribution is 2.50. The summed E-state index contributed by atoms with van der Waals surface area (Å²) in [6, 6.07) is 4.18. The molecule has 4 aromatic rings. The normalized spacial score (nSPS) is 34.6. The van der Waals surface area contributed by atoms with Gasteiger partial charge in [0.05, 0.1) is 70.4 Å². The Bertz CT molecular complexity index is 5420. The lowest BCUT2D eigenvalue weighted by molar-refractivity contribution is -0.161. The van der Waals surface area contributed by atoms with Crippen LogP contribution in [-0.2, 0) is 63.8 Å².